The van der Waals surface area contributed by atoms with Crippen LogP contribution >= 0.6 is 0 Å². The van der Waals surface area contributed by atoms with Crippen LogP contribution in [0.5, 0.6) is 0 Å². The molecule has 0 saturated heterocycles. The Balaban J connectivity index is 2.06. The topological polar surface area (TPSA) is 54.0 Å². The minimum Gasteiger partial charge on any atom is -0.367 e. The third-order valence-electron chi connectivity index (χ3n) is 2.00. The van der Waals surface area contributed by atoms with Crippen molar-refractivity contribution in [2.24, 2.45) is 0 Å². The van der Waals surface area contributed by atoms with E-state index >= 15 is 0 Å². The van der Waals surface area contributed by atoms with Crippen molar-refractivity contribution in [2.75, 3.05) is 5.32 Å². The van der Waals surface area contributed by atoms with Gasteiger partial charge >= 0.3 is 0 Å². The number of anilines is 1. The SMILES string of the molecule is O=C(Nc1cccnc1)C1=CNC=CC=C1. The van der Waals surface area contributed by atoms with E-state index in [2.05, 4.69) is 15.6 Å². The summed E-state index contributed by atoms with van der Waals surface area (Å²) < 4.78 is 0. The summed E-state index contributed by atoms with van der Waals surface area (Å²) in [5, 5.41) is 5.63. The predicted molar refractivity (Wildman–Crippen MR) is 62.4 cm³/mol. The van der Waals surface area contributed by atoms with Gasteiger partial charge in [0.05, 0.1) is 17.5 Å². The molecule has 1 aliphatic heterocycles. The second-order valence-corrected chi connectivity index (χ2v) is 3.18. The molecule has 4 heteroatoms. The average Bonchev–Trinajstić information content (AvgIpc) is 2.59. The molecule has 1 amide bonds. The zero-order valence-corrected chi connectivity index (χ0v) is 8.55. The lowest BCUT2D eigenvalue weighted by molar-refractivity contribution is -0.112. The summed E-state index contributed by atoms with van der Waals surface area (Å²) in [7, 11) is 0. The second-order valence-electron chi connectivity index (χ2n) is 3.18. The third-order valence-corrected chi connectivity index (χ3v) is 2.00. The van der Waals surface area contributed by atoms with Crippen LogP contribution in [0.3, 0.4) is 0 Å². The Morgan fingerprint density at radius 1 is 1.38 bits per heavy atom. The number of nitrogens with zero attached hydrogens (tertiary/aromatic N) is 1. The molecule has 1 aromatic rings. The number of hydrogen-bond acceptors (Lipinski definition) is 3. The molecule has 0 fully saturated rings. The molecule has 2 rings (SSSR count). The molecular formula is C12H11N3O. The Bertz CT molecular complexity index is 460. The third kappa shape index (κ3) is 2.57. The predicted octanol–water partition coefficient (Wildman–Crippen LogP) is 1.58. The first-order valence-corrected chi connectivity index (χ1v) is 4.87. The van der Waals surface area contributed by atoms with E-state index < -0.39 is 0 Å². The number of amides is 1. The molecule has 4 nitrogen and oxygen atoms in total. The fourth-order valence-electron chi connectivity index (χ4n) is 1.24. The zero-order valence-electron chi connectivity index (χ0n) is 8.55. The molecule has 80 valence electrons. The van der Waals surface area contributed by atoms with Crippen LogP contribution < -0.4 is 10.6 Å². The van der Waals surface area contributed by atoms with Gasteiger partial charge in [-0.15, -0.1) is 0 Å². The van der Waals surface area contributed by atoms with Crippen molar-refractivity contribution in [3.63, 3.8) is 0 Å². The van der Waals surface area contributed by atoms with E-state index in [4.69, 9.17) is 0 Å². The van der Waals surface area contributed by atoms with Crippen LogP contribution in [0.2, 0.25) is 0 Å². The number of aromatic nitrogens is 1. The van der Waals surface area contributed by atoms with Crippen LogP contribution in [0.25, 0.3) is 0 Å². The molecule has 0 radical (unpaired) electrons. The first-order chi connectivity index (χ1) is 7.86. The Hall–Kier alpha value is -2.36. The van der Waals surface area contributed by atoms with Crippen LogP contribution in [0.1, 0.15) is 0 Å². The fourth-order valence-corrected chi connectivity index (χ4v) is 1.24. The first kappa shape index (κ1) is 10.2. The molecule has 0 atom stereocenters. The Morgan fingerprint density at radius 3 is 3.12 bits per heavy atom. The van der Waals surface area contributed by atoms with Crippen molar-refractivity contribution in [2.45, 2.75) is 0 Å². The summed E-state index contributed by atoms with van der Waals surface area (Å²) in [5.74, 6) is -0.166. The van der Waals surface area contributed by atoms with E-state index in [0.29, 0.717) is 11.3 Å². The molecule has 0 aliphatic carbocycles. The van der Waals surface area contributed by atoms with Gasteiger partial charge in [0.1, 0.15) is 0 Å². The highest BCUT2D eigenvalue weighted by Gasteiger charge is 2.06. The van der Waals surface area contributed by atoms with Gasteiger partial charge in [-0.05, 0) is 24.3 Å². The number of hydrogen-bond donors (Lipinski definition) is 2. The van der Waals surface area contributed by atoms with Gasteiger partial charge in [0, 0.05) is 18.6 Å². The van der Waals surface area contributed by atoms with Crippen molar-refractivity contribution < 1.29 is 4.79 Å². The molecule has 2 heterocycles. The smallest absolute Gasteiger partial charge is 0.257 e. The number of allylic oxidation sites excluding steroid dienone is 2. The standard InChI is InChI=1S/C12H11N3O/c16-12(10-4-1-2-6-13-8-10)15-11-5-3-7-14-9-11/h1-9,13H,(H,15,16). The first-order valence-electron chi connectivity index (χ1n) is 4.87. The number of carbonyl (C=O) groups excluding carboxylic acids is 1. The molecule has 16 heavy (non-hydrogen) atoms. The lowest BCUT2D eigenvalue weighted by Crippen LogP contribution is -2.14. The Labute approximate surface area is 93.4 Å². The van der Waals surface area contributed by atoms with Gasteiger partial charge in [0.25, 0.3) is 5.91 Å². The van der Waals surface area contributed by atoms with Gasteiger partial charge in [-0.3, -0.25) is 9.78 Å². The summed E-state index contributed by atoms with van der Waals surface area (Å²) in [6.07, 6.45) is 12.0. The molecule has 0 unspecified atom stereocenters. The van der Waals surface area contributed by atoms with E-state index in [0.717, 1.165) is 0 Å². The molecule has 0 aromatic carbocycles. The van der Waals surface area contributed by atoms with E-state index in [1.165, 1.54) is 0 Å². The van der Waals surface area contributed by atoms with E-state index in [-0.39, 0.29) is 5.91 Å². The molecular weight excluding hydrogens is 202 g/mol. The molecule has 0 bridgehead atoms. The van der Waals surface area contributed by atoms with E-state index in [1.54, 1.807) is 49.1 Å². The van der Waals surface area contributed by atoms with Crippen molar-refractivity contribution in [1.82, 2.24) is 10.3 Å². The van der Waals surface area contributed by atoms with Crippen molar-refractivity contribution in [3.05, 3.63) is 60.7 Å². The van der Waals surface area contributed by atoms with Crippen LogP contribution in [0, 0.1) is 0 Å². The van der Waals surface area contributed by atoms with Crippen molar-refractivity contribution in [1.29, 1.82) is 0 Å². The number of nitrogens with one attached hydrogen (secondary N) is 2. The monoisotopic (exact) mass is 213 g/mol. The van der Waals surface area contributed by atoms with Crippen molar-refractivity contribution >= 4 is 11.6 Å². The quantitative estimate of drug-likeness (QED) is 0.784. The highest BCUT2D eigenvalue weighted by Crippen LogP contribution is 2.07. The van der Waals surface area contributed by atoms with Gasteiger partial charge in [0.15, 0.2) is 0 Å². The van der Waals surface area contributed by atoms with E-state index in [9.17, 15) is 4.79 Å². The van der Waals surface area contributed by atoms with Crippen molar-refractivity contribution in [3.8, 4) is 0 Å². The average molecular weight is 213 g/mol. The molecule has 2 N–H and O–H groups in total. The molecule has 0 spiro atoms. The van der Waals surface area contributed by atoms with Gasteiger partial charge in [-0.2, -0.15) is 0 Å². The summed E-state index contributed by atoms with van der Waals surface area (Å²) in [4.78, 5) is 15.7. The number of pyridine rings is 1. The molecule has 1 aromatic heterocycles. The van der Waals surface area contributed by atoms with Crippen LogP contribution in [0.15, 0.2) is 60.7 Å². The lowest BCUT2D eigenvalue weighted by Gasteiger charge is -2.04. The highest BCUT2D eigenvalue weighted by molar-refractivity contribution is 6.05. The highest BCUT2D eigenvalue weighted by atomic mass is 16.1. The minimum absolute atomic E-state index is 0.166. The largest absolute Gasteiger partial charge is 0.367 e. The second kappa shape index (κ2) is 4.93. The summed E-state index contributed by atoms with van der Waals surface area (Å²) >= 11 is 0. The normalized spacial score (nSPS) is 13.6. The maximum Gasteiger partial charge on any atom is 0.257 e. The number of carbonyl (C=O) groups is 1. The minimum atomic E-state index is -0.166. The Morgan fingerprint density at radius 2 is 2.31 bits per heavy atom. The van der Waals surface area contributed by atoms with Crippen LogP contribution in [-0.4, -0.2) is 10.9 Å². The molecule has 0 saturated carbocycles. The van der Waals surface area contributed by atoms with E-state index in [1.807, 2.05) is 6.08 Å². The summed E-state index contributed by atoms with van der Waals surface area (Å²) in [5.41, 5.74) is 1.24. The zero-order chi connectivity index (χ0) is 11.2. The summed E-state index contributed by atoms with van der Waals surface area (Å²) in [6, 6.07) is 3.56. The van der Waals surface area contributed by atoms with Gasteiger partial charge < -0.3 is 10.6 Å². The summed E-state index contributed by atoms with van der Waals surface area (Å²) in [6.45, 7) is 0. The van der Waals surface area contributed by atoms with Gasteiger partial charge in [0.2, 0.25) is 0 Å². The Kier molecular flexibility index (Phi) is 3.13. The van der Waals surface area contributed by atoms with Gasteiger partial charge in [-0.1, -0.05) is 6.08 Å². The maximum atomic E-state index is 11.8. The van der Waals surface area contributed by atoms with Gasteiger partial charge in [-0.25, -0.2) is 0 Å². The fraction of sp³-hybridized carbons (Fsp3) is 0. The number of rotatable bonds is 2. The van der Waals surface area contributed by atoms with Crippen LogP contribution in [0.4, 0.5) is 5.69 Å². The lowest BCUT2D eigenvalue weighted by atomic mass is 10.2. The van der Waals surface area contributed by atoms with Crippen LogP contribution in [-0.2, 0) is 4.79 Å². The molecule has 1 aliphatic rings. The maximum absolute atomic E-state index is 11.8.